The first-order valence-corrected chi connectivity index (χ1v) is 12.0. The molecule has 0 aliphatic carbocycles. The summed E-state index contributed by atoms with van der Waals surface area (Å²) in [6, 6.07) is 6.98. The Kier molecular flexibility index (Phi) is 5.76. The minimum atomic E-state index is 0.235. The average molecular weight is 435 g/mol. The third-order valence-corrected chi connectivity index (χ3v) is 6.59. The molecule has 2 aromatic heterocycles. The Bertz CT molecular complexity index is 1070. The Morgan fingerprint density at radius 3 is 2.62 bits per heavy atom. The number of piperidine rings is 1. The van der Waals surface area contributed by atoms with Crippen molar-refractivity contribution in [1.29, 1.82) is 0 Å². The fourth-order valence-electron chi connectivity index (χ4n) is 5.04. The second kappa shape index (κ2) is 8.70. The summed E-state index contributed by atoms with van der Waals surface area (Å²) in [6.07, 6.45) is 6.12. The van der Waals surface area contributed by atoms with Crippen molar-refractivity contribution in [2.75, 3.05) is 26.2 Å². The van der Waals surface area contributed by atoms with Gasteiger partial charge in [-0.15, -0.1) is 0 Å². The smallest absolute Gasteiger partial charge is 0.178 e. The predicted molar refractivity (Wildman–Crippen MR) is 126 cm³/mol. The van der Waals surface area contributed by atoms with Crippen LogP contribution in [0.1, 0.15) is 58.1 Å². The Hall–Kier alpha value is -2.67. The average Bonchev–Trinajstić information content (AvgIpc) is 3.38. The van der Waals surface area contributed by atoms with Gasteiger partial charge in [-0.25, -0.2) is 14.6 Å². The molecule has 2 aliphatic heterocycles. The van der Waals surface area contributed by atoms with Crippen molar-refractivity contribution < 1.29 is 4.74 Å². The molecule has 0 saturated carbocycles. The SMILES string of the molecule is CC(C)CN1CCC(c2ccc3c(c2)OCCn2cc(-c4ncnn4C(C)C)nc2-3)CC1. The summed E-state index contributed by atoms with van der Waals surface area (Å²) >= 11 is 0. The van der Waals surface area contributed by atoms with Crippen LogP contribution in [0.5, 0.6) is 5.75 Å². The van der Waals surface area contributed by atoms with Crippen molar-refractivity contribution in [1.82, 2.24) is 29.2 Å². The number of hydrogen-bond acceptors (Lipinski definition) is 5. The largest absolute Gasteiger partial charge is 0.491 e. The van der Waals surface area contributed by atoms with Crippen LogP contribution in [0.15, 0.2) is 30.7 Å². The molecule has 1 fully saturated rings. The monoisotopic (exact) mass is 434 g/mol. The molecule has 4 heterocycles. The van der Waals surface area contributed by atoms with E-state index in [-0.39, 0.29) is 6.04 Å². The van der Waals surface area contributed by atoms with Gasteiger partial charge in [-0.3, -0.25) is 0 Å². The molecule has 0 amide bonds. The summed E-state index contributed by atoms with van der Waals surface area (Å²) in [5.41, 5.74) is 3.32. The Morgan fingerprint density at radius 2 is 1.88 bits per heavy atom. The Morgan fingerprint density at radius 1 is 1.06 bits per heavy atom. The van der Waals surface area contributed by atoms with Crippen LogP contribution in [0.25, 0.3) is 22.9 Å². The molecule has 7 nitrogen and oxygen atoms in total. The molecular formula is C25H34N6O. The van der Waals surface area contributed by atoms with Crippen molar-refractivity contribution in [3.63, 3.8) is 0 Å². The maximum Gasteiger partial charge on any atom is 0.178 e. The van der Waals surface area contributed by atoms with Crippen molar-refractivity contribution >= 4 is 0 Å². The third-order valence-electron chi connectivity index (χ3n) is 6.59. The highest BCUT2D eigenvalue weighted by Gasteiger charge is 2.25. The van der Waals surface area contributed by atoms with Crippen molar-refractivity contribution in [3.05, 3.63) is 36.3 Å². The van der Waals surface area contributed by atoms with E-state index in [0.717, 1.165) is 41.1 Å². The van der Waals surface area contributed by atoms with E-state index in [2.05, 4.69) is 71.6 Å². The standard InChI is InChI=1S/C25H34N6O/c1-17(2)14-29-9-7-19(8-10-29)20-5-6-21-23(13-20)32-12-11-30-15-22(28-24(21)30)25-26-16-27-31(25)18(3)4/h5-6,13,15-19H,7-12,14H2,1-4H3. The number of aromatic nitrogens is 5. The summed E-state index contributed by atoms with van der Waals surface area (Å²) < 4.78 is 10.3. The number of ether oxygens (including phenoxy) is 1. The lowest BCUT2D eigenvalue weighted by Crippen LogP contribution is -2.35. The highest BCUT2D eigenvalue weighted by Crippen LogP contribution is 2.38. The Labute approximate surface area is 190 Å². The van der Waals surface area contributed by atoms with Gasteiger partial charge in [-0.1, -0.05) is 19.9 Å². The summed E-state index contributed by atoms with van der Waals surface area (Å²) in [6.45, 7) is 13.8. The number of rotatable bonds is 5. The van der Waals surface area contributed by atoms with Crippen LogP contribution in [0.4, 0.5) is 0 Å². The minimum Gasteiger partial charge on any atom is -0.491 e. The molecule has 3 aromatic rings. The molecule has 0 spiro atoms. The second-order valence-electron chi connectivity index (χ2n) is 9.84. The summed E-state index contributed by atoms with van der Waals surface area (Å²) in [4.78, 5) is 12.0. The van der Waals surface area contributed by atoms with Crippen LogP contribution < -0.4 is 4.74 Å². The normalized spacial score (nSPS) is 17.3. The number of nitrogens with zero attached hydrogens (tertiary/aromatic N) is 6. The summed E-state index contributed by atoms with van der Waals surface area (Å²) in [5, 5.41) is 4.37. The van der Waals surface area contributed by atoms with Gasteiger partial charge in [0.05, 0.1) is 12.1 Å². The van der Waals surface area contributed by atoms with Gasteiger partial charge >= 0.3 is 0 Å². The van der Waals surface area contributed by atoms with E-state index in [4.69, 9.17) is 9.72 Å². The van der Waals surface area contributed by atoms with Crippen LogP contribution in [-0.4, -0.2) is 55.5 Å². The minimum absolute atomic E-state index is 0.235. The van der Waals surface area contributed by atoms with Crippen molar-refractivity contribution in [2.24, 2.45) is 5.92 Å². The summed E-state index contributed by atoms with van der Waals surface area (Å²) in [7, 11) is 0. The molecule has 0 N–H and O–H groups in total. The van der Waals surface area contributed by atoms with Gasteiger partial charge in [0, 0.05) is 18.8 Å². The van der Waals surface area contributed by atoms with Gasteiger partial charge < -0.3 is 14.2 Å². The molecular weight excluding hydrogens is 400 g/mol. The maximum atomic E-state index is 6.18. The third kappa shape index (κ3) is 4.06. The molecule has 1 aromatic carbocycles. The van der Waals surface area contributed by atoms with Crippen molar-refractivity contribution in [2.45, 2.75) is 59.0 Å². The van der Waals surface area contributed by atoms with Gasteiger partial charge in [0.2, 0.25) is 0 Å². The highest BCUT2D eigenvalue weighted by atomic mass is 16.5. The van der Waals surface area contributed by atoms with Gasteiger partial charge in [0.15, 0.2) is 5.82 Å². The van der Waals surface area contributed by atoms with Crippen LogP contribution in [-0.2, 0) is 6.54 Å². The zero-order valence-electron chi connectivity index (χ0n) is 19.7. The summed E-state index contributed by atoms with van der Waals surface area (Å²) in [5.74, 6) is 4.05. The van der Waals surface area contributed by atoms with Crippen LogP contribution in [0.2, 0.25) is 0 Å². The van der Waals surface area contributed by atoms with E-state index < -0.39 is 0 Å². The van der Waals surface area contributed by atoms with Gasteiger partial charge in [0.1, 0.15) is 30.2 Å². The molecule has 2 aliphatic rings. The lowest BCUT2D eigenvalue weighted by molar-refractivity contribution is 0.192. The van der Waals surface area contributed by atoms with E-state index in [1.54, 1.807) is 6.33 Å². The fraction of sp³-hybridized carbons (Fsp3) is 0.560. The zero-order chi connectivity index (χ0) is 22.2. The van der Waals surface area contributed by atoms with Crippen LogP contribution in [0.3, 0.4) is 0 Å². The predicted octanol–water partition coefficient (Wildman–Crippen LogP) is 4.62. The van der Waals surface area contributed by atoms with Gasteiger partial charge in [-0.2, -0.15) is 5.10 Å². The number of likely N-dealkylation sites (tertiary alicyclic amines) is 1. The number of imidazole rings is 1. The number of benzene rings is 1. The first kappa shape index (κ1) is 21.2. The lowest BCUT2D eigenvalue weighted by Gasteiger charge is -2.33. The molecule has 0 unspecified atom stereocenters. The van der Waals surface area contributed by atoms with E-state index >= 15 is 0 Å². The quantitative estimate of drug-likeness (QED) is 0.586. The zero-order valence-corrected chi connectivity index (χ0v) is 19.7. The maximum absolute atomic E-state index is 6.18. The van der Waals surface area contributed by atoms with E-state index in [9.17, 15) is 0 Å². The fourth-order valence-corrected chi connectivity index (χ4v) is 5.04. The first-order chi connectivity index (χ1) is 15.5. The lowest BCUT2D eigenvalue weighted by atomic mass is 9.88. The van der Waals surface area contributed by atoms with E-state index in [1.165, 1.54) is 38.0 Å². The molecule has 32 heavy (non-hydrogen) atoms. The van der Waals surface area contributed by atoms with Crippen molar-refractivity contribution in [3.8, 4) is 28.7 Å². The number of hydrogen-bond donors (Lipinski definition) is 0. The van der Waals surface area contributed by atoms with Crippen LogP contribution >= 0.6 is 0 Å². The van der Waals surface area contributed by atoms with Gasteiger partial charge in [0.25, 0.3) is 0 Å². The molecule has 0 radical (unpaired) electrons. The second-order valence-corrected chi connectivity index (χ2v) is 9.84. The molecule has 0 atom stereocenters. The first-order valence-electron chi connectivity index (χ1n) is 12.0. The molecule has 170 valence electrons. The van der Waals surface area contributed by atoms with E-state index in [0.29, 0.717) is 12.5 Å². The van der Waals surface area contributed by atoms with Crippen LogP contribution in [0, 0.1) is 5.92 Å². The molecule has 1 saturated heterocycles. The molecule has 0 bridgehead atoms. The van der Waals surface area contributed by atoms with E-state index in [1.807, 2.05) is 4.68 Å². The topological polar surface area (TPSA) is 61.0 Å². The molecule has 7 heteroatoms. The number of fused-ring (bicyclic) bond motifs is 3. The Balaban J connectivity index is 1.41. The highest BCUT2D eigenvalue weighted by molar-refractivity contribution is 5.69. The van der Waals surface area contributed by atoms with Gasteiger partial charge in [-0.05, 0) is 69.3 Å². The molecule has 5 rings (SSSR count).